The summed E-state index contributed by atoms with van der Waals surface area (Å²) in [6.07, 6.45) is 2.37. The fourth-order valence-corrected chi connectivity index (χ4v) is 3.05. The summed E-state index contributed by atoms with van der Waals surface area (Å²) in [5.41, 5.74) is 1.36. The number of carboxylic acid groups (broad SMARTS) is 1. The van der Waals surface area contributed by atoms with Crippen LogP contribution in [0.2, 0.25) is 5.15 Å². The van der Waals surface area contributed by atoms with E-state index in [0.29, 0.717) is 24.8 Å². The lowest BCUT2D eigenvalue weighted by Gasteiger charge is -2.38. The summed E-state index contributed by atoms with van der Waals surface area (Å²) in [6, 6.07) is 1.89. The van der Waals surface area contributed by atoms with Gasteiger partial charge in [0.25, 0.3) is 0 Å². The van der Waals surface area contributed by atoms with E-state index in [-0.39, 0.29) is 0 Å². The van der Waals surface area contributed by atoms with E-state index in [0.717, 1.165) is 24.0 Å². The normalized spacial score (nSPS) is 26.4. The van der Waals surface area contributed by atoms with Crippen molar-refractivity contribution in [2.75, 3.05) is 13.1 Å². The van der Waals surface area contributed by atoms with Crippen molar-refractivity contribution >= 4 is 17.7 Å². The first-order valence-corrected chi connectivity index (χ1v) is 6.26. The maximum atomic E-state index is 11.1. The molecular weight excluding hydrogens is 256 g/mol. The van der Waals surface area contributed by atoms with Crippen LogP contribution in [0.1, 0.15) is 24.0 Å². The third-order valence-corrected chi connectivity index (χ3v) is 4.04. The SMILES string of the molecule is O=C(O)N1CCCC2(C1)OCc1c2ccnc1Cl. The summed E-state index contributed by atoms with van der Waals surface area (Å²) in [6.45, 7) is 1.35. The zero-order valence-corrected chi connectivity index (χ0v) is 10.5. The Labute approximate surface area is 109 Å². The quantitative estimate of drug-likeness (QED) is 0.733. The molecule has 0 radical (unpaired) electrons. The molecular formula is C12H13ClN2O3. The van der Waals surface area contributed by atoms with Gasteiger partial charge in [-0.3, -0.25) is 0 Å². The molecule has 6 heteroatoms. The molecule has 18 heavy (non-hydrogen) atoms. The van der Waals surface area contributed by atoms with Gasteiger partial charge in [-0.05, 0) is 24.5 Å². The minimum atomic E-state index is -0.897. The number of rotatable bonds is 0. The van der Waals surface area contributed by atoms with Gasteiger partial charge in [0, 0.05) is 18.3 Å². The minimum absolute atomic E-state index is 0.371. The van der Waals surface area contributed by atoms with Crippen molar-refractivity contribution in [1.82, 2.24) is 9.88 Å². The first kappa shape index (κ1) is 11.7. The van der Waals surface area contributed by atoms with Crippen molar-refractivity contribution in [1.29, 1.82) is 0 Å². The first-order valence-electron chi connectivity index (χ1n) is 5.88. The van der Waals surface area contributed by atoms with Gasteiger partial charge in [0.15, 0.2) is 0 Å². The Balaban J connectivity index is 1.99. The van der Waals surface area contributed by atoms with Crippen LogP contribution < -0.4 is 0 Å². The summed E-state index contributed by atoms with van der Waals surface area (Å²) >= 11 is 6.05. The topological polar surface area (TPSA) is 62.7 Å². The zero-order chi connectivity index (χ0) is 12.8. The molecule has 1 saturated heterocycles. The average molecular weight is 269 g/mol. The molecule has 1 fully saturated rings. The molecule has 5 nitrogen and oxygen atoms in total. The number of carbonyl (C=O) groups is 1. The summed E-state index contributed by atoms with van der Waals surface area (Å²) in [7, 11) is 0. The number of hydrogen-bond donors (Lipinski definition) is 1. The van der Waals surface area contributed by atoms with Gasteiger partial charge in [-0.2, -0.15) is 0 Å². The number of nitrogens with zero attached hydrogens (tertiary/aromatic N) is 2. The summed E-state index contributed by atoms with van der Waals surface area (Å²) < 4.78 is 5.88. The van der Waals surface area contributed by atoms with Crippen LogP contribution in [0.4, 0.5) is 4.79 Å². The number of aromatic nitrogens is 1. The van der Waals surface area contributed by atoms with E-state index in [9.17, 15) is 4.79 Å². The summed E-state index contributed by atoms with van der Waals surface area (Å²) in [5.74, 6) is 0. The Morgan fingerprint density at radius 3 is 3.22 bits per heavy atom. The van der Waals surface area contributed by atoms with Crippen molar-refractivity contribution in [3.63, 3.8) is 0 Å². The third-order valence-electron chi connectivity index (χ3n) is 3.71. The average Bonchev–Trinajstić information content (AvgIpc) is 2.70. The number of piperidine rings is 1. The number of pyridine rings is 1. The molecule has 0 bridgehead atoms. The lowest BCUT2D eigenvalue weighted by Crippen LogP contribution is -2.48. The van der Waals surface area contributed by atoms with Gasteiger partial charge in [0.2, 0.25) is 0 Å². The van der Waals surface area contributed by atoms with Crippen molar-refractivity contribution in [2.24, 2.45) is 0 Å². The monoisotopic (exact) mass is 268 g/mol. The molecule has 1 N–H and O–H groups in total. The van der Waals surface area contributed by atoms with Gasteiger partial charge in [0.05, 0.1) is 13.2 Å². The smallest absolute Gasteiger partial charge is 0.407 e. The fraction of sp³-hybridized carbons (Fsp3) is 0.500. The molecule has 2 aliphatic rings. The fourth-order valence-electron chi connectivity index (χ4n) is 2.84. The highest BCUT2D eigenvalue weighted by Gasteiger charge is 2.45. The highest BCUT2D eigenvalue weighted by molar-refractivity contribution is 6.30. The molecule has 1 aromatic heterocycles. The molecule has 1 amide bonds. The van der Waals surface area contributed by atoms with Gasteiger partial charge in [-0.1, -0.05) is 11.6 Å². The second-order valence-electron chi connectivity index (χ2n) is 4.72. The molecule has 0 saturated carbocycles. The molecule has 1 atom stereocenters. The highest BCUT2D eigenvalue weighted by atomic mass is 35.5. The van der Waals surface area contributed by atoms with E-state index < -0.39 is 11.7 Å². The van der Waals surface area contributed by atoms with Crippen LogP contribution in [0.3, 0.4) is 0 Å². The van der Waals surface area contributed by atoms with Crippen LogP contribution in [0.15, 0.2) is 12.3 Å². The minimum Gasteiger partial charge on any atom is -0.465 e. The molecule has 2 aliphatic heterocycles. The lowest BCUT2D eigenvalue weighted by molar-refractivity contribution is -0.0799. The second-order valence-corrected chi connectivity index (χ2v) is 5.08. The predicted octanol–water partition coefficient (Wildman–Crippen LogP) is 2.23. The Morgan fingerprint density at radius 1 is 1.61 bits per heavy atom. The Morgan fingerprint density at radius 2 is 2.44 bits per heavy atom. The van der Waals surface area contributed by atoms with E-state index in [4.69, 9.17) is 21.4 Å². The van der Waals surface area contributed by atoms with Crippen molar-refractivity contribution in [3.8, 4) is 0 Å². The van der Waals surface area contributed by atoms with Crippen LogP contribution in [-0.4, -0.2) is 34.2 Å². The van der Waals surface area contributed by atoms with E-state index >= 15 is 0 Å². The number of halogens is 1. The van der Waals surface area contributed by atoms with Gasteiger partial charge in [-0.15, -0.1) is 0 Å². The van der Waals surface area contributed by atoms with Gasteiger partial charge in [0.1, 0.15) is 10.8 Å². The van der Waals surface area contributed by atoms with E-state index in [1.807, 2.05) is 6.07 Å². The maximum Gasteiger partial charge on any atom is 0.407 e. The Kier molecular flexibility index (Phi) is 2.68. The third kappa shape index (κ3) is 1.66. The number of fused-ring (bicyclic) bond motifs is 2. The van der Waals surface area contributed by atoms with E-state index in [1.54, 1.807) is 6.20 Å². The van der Waals surface area contributed by atoms with Crippen molar-refractivity contribution in [2.45, 2.75) is 25.0 Å². The molecule has 96 valence electrons. The number of ether oxygens (including phenoxy) is 1. The van der Waals surface area contributed by atoms with Gasteiger partial charge >= 0.3 is 6.09 Å². The molecule has 3 rings (SSSR count). The molecule has 0 aromatic carbocycles. The van der Waals surface area contributed by atoms with Crippen LogP contribution in [0.5, 0.6) is 0 Å². The number of amides is 1. The largest absolute Gasteiger partial charge is 0.465 e. The number of hydrogen-bond acceptors (Lipinski definition) is 3. The molecule has 0 aliphatic carbocycles. The summed E-state index contributed by atoms with van der Waals surface area (Å²) in [5, 5.41) is 9.57. The van der Waals surface area contributed by atoms with Crippen molar-refractivity contribution in [3.05, 3.63) is 28.5 Å². The maximum absolute atomic E-state index is 11.1. The van der Waals surface area contributed by atoms with Gasteiger partial charge < -0.3 is 14.7 Å². The highest BCUT2D eigenvalue weighted by Crippen LogP contribution is 2.44. The molecule has 1 spiro atoms. The van der Waals surface area contributed by atoms with Crippen molar-refractivity contribution < 1.29 is 14.6 Å². The Hall–Kier alpha value is -1.33. The molecule has 1 unspecified atom stereocenters. The first-order chi connectivity index (χ1) is 8.62. The molecule has 1 aromatic rings. The van der Waals surface area contributed by atoms with Crippen LogP contribution in [0.25, 0.3) is 0 Å². The summed E-state index contributed by atoms with van der Waals surface area (Å²) in [4.78, 5) is 16.6. The van der Waals surface area contributed by atoms with Crippen LogP contribution in [0, 0.1) is 0 Å². The number of likely N-dealkylation sites (tertiary alicyclic amines) is 1. The van der Waals surface area contributed by atoms with Crippen LogP contribution in [-0.2, 0) is 16.9 Å². The van der Waals surface area contributed by atoms with Crippen LogP contribution >= 0.6 is 11.6 Å². The standard InChI is InChI=1S/C12H13ClN2O3/c13-10-8-6-18-12(9(8)2-4-14-10)3-1-5-15(7-12)11(16)17/h2,4H,1,3,5-7H2,(H,16,17). The second kappa shape index (κ2) is 4.10. The molecule has 3 heterocycles. The van der Waals surface area contributed by atoms with E-state index in [2.05, 4.69) is 4.98 Å². The predicted molar refractivity (Wildman–Crippen MR) is 64.5 cm³/mol. The van der Waals surface area contributed by atoms with Gasteiger partial charge in [-0.25, -0.2) is 9.78 Å². The van der Waals surface area contributed by atoms with E-state index in [1.165, 1.54) is 4.90 Å². The Bertz CT molecular complexity index is 508. The zero-order valence-electron chi connectivity index (χ0n) is 9.73. The lowest BCUT2D eigenvalue weighted by atomic mass is 9.86.